The van der Waals surface area contributed by atoms with Crippen molar-refractivity contribution in [3.8, 4) is 0 Å². The number of rotatable bonds is 10. The Kier molecular flexibility index (Phi) is 14.4. The number of benzene rings is 1. The molecule has 0 aromatic heterocycles. The quantitative estimate of drug-likeness (QED) is 0.250. The number of aliphatic hydroxyl groups excluding tert-OH is 1. The Hall–Kier alpha value is -2.42. The third-order valence-electron chi connectivity index (χ3n) is 14.8. The molecule has 0 radical (unpaired) electrons. The Morgan fingerprint density at radius 1 is 0.828 bits per heavy atom. The van der Waals surface area contributed by atoms with Gasteiger partial charge in [-0.1, -0.05) is 45.0 Å². The molecule has 0 spiro atoms. The van der Waals surface area contributed by atoms with Crippen molar-refractivity contribution in [3.05, 3.63) is 42.0 Å². The van der Waals surface area contributed by atoms with Gasteiger partial charge in [0.05, 0.1) is 43.0 Å². The molecule has 3 saturated heterocycles. The van der Waals surface area contributed by atoms with E-state index in [1.165, 1.54) is 0 Å². The van der Waals surface area contributed by atoms with Crippen LogP contribution in [0.4, 0.5) is 5.69 Å². The van der Waals surface area contributed by atoms with Crippen molar-refractivity contribution in [2.24, 2.45) is 41.4 Å². The number of para-hydroxylation sites is 1. The summed E-state index contributed by atoms with van der Waals surface area (Å²) in [5, 5.41) is 16.4. The van der Waals surface area contributed by atoms with Gasteiger partial charge in [-0.2, -0.15) is 0 Å². The molecule has 1 aromatic rings. The van der Waals surface area contributed by atoms with E-state index in [4.69, 9.17) is 37.9 Å². The molecule has 0 bridgehead atoms. The number of hydrogen-bond donors (Lipinski definition) is 2. The molecule has 1 aromatic carbocycles. The number of fused-ring (bicyclic) bond motifs is 5. The van der Waals surface area contributed by atoms with Gasteiger partial charge in [-0.25, -0.2) is 0 Å². The van der Waals surface area contributed by atoms with Crippen LogP contribution in [-0.4, -0.2) is 112 Å². The predicted molar refractivity (Wildman–Crippen MR) is 217 cm³/mol. The monoisotopic (exact) mass is 811 g/mol. The molecule has 2 saturated carbocycles. The maximum absolute atomic E-state index is 15.0. The Morgan fingerprint density at radius 3 is 2.24 bits per heavy atom. The Balaban J connectivity index is 1.20. The van der Waals surface area contributed by atoms with E-state index in [9.17, 15) is 14.7 Å². The second-order valence-corrected chi connectivity index (χ2v) is 18.1. The number of Topliss-reactive ketones (excluding diaryl/α,β-unsaturated/α-hetero) is 1. The highest BCUT2D eigenvalue weighted by Crippen LogP contribution is 2.57. The zero-order chi connectivity index (χ0) is 41.2. The SMILES string of the molecule is CC[C@H]1CCC[C@H](O[C@H]2CC[C@H](C)C(C)O2)[C@@H](C)C(=O)C2=C[C@H]3[C@@H]4C[C@H](O[C@@H]5OC(C)[C@H](OC)C(OC)C5OC)C[C@H]4[C@@H](Nc4ccccc4)[C@H](O)[C@H]3[C@@H]2CC(=O)O1. The van der Waals surface area contributed by atoms with E-state index in [1.807, 2.05) is 51.1 Å². The van der Waals surface area contributed by atoms with Crippen molar-refractivity contribution in [2.75, 3.05) is 26.6 Å². The van der Waals surface area contributed by atoms with Gasteiger partial charge >= 0.3 is 5.97 Å². The molecule has 2 N–H and O–H groups in total. The van der Waals surface area contributed by atoms with E-state index < -0.39 is 36.4 Å². The predicted octanol–water partition coefficient (Wildman–Crippen LogP) is 6.48. The molecular weight excluding hydrogens is 743 g/mol. The van der Waals surface area contributed by atoms with Crippen molar-refractivity contribution in [3.63, 3.8) is 0 Å². The van der Waals surface area contributed by atoms with Gasteiger partial charge < -0.3 is 48.3 Å². The van der Waals surface area contributed by atoms with Gasteiger partial charge in [0.2, 0.25) is 0 Å². The number of ether oxygens (including phenoxy) is 8. The molecule has 3 heterocycles. The van der Waals surface area contributed by atoms with Crippen molar-refractivity contribution in [1.82, 2.24) is 0 Å². The summed E-state index contributed by atoms with van der Waals surface area (Å²) in [5.74, 6) is -1.35. The number of allylic oxidation sites excluding steroid dienone is 2. The number of anilines is 1. The number of carbonyl (C=O) groups excluding carboxylic acids is 2. The van der Waals surface area contributed by atoms with Gasteiger partial charge in [-0.05, 0) is 107 Å². The maximum Gasteiger partial charge on any atom is 0.306 e. The summed E-state index contributed by atoms with van der Waals surface area (Å²) in [4.78, 5) is 28.8. The van der Waals surface area contributed by atoms with Gasteiger partial charge in [-0.3, -0.25) is 9.59 Å². The molecule has 19 atom stereocenters. The first-order valence-corrected chi connectivity index (χ1v) is 22.1. The summed E-state index contributed by atoms with van der Waals surface area (Å²) in [6.07, 6.45) is 3.92. The second-order valence-electron chi connectivity index (χ2n) is 18.1. The molecule has 4 unspecified atom stereocenters. The molecule has 7 rings (SSSR count). The summed E-state index contributed by atoms with van der Waals surface area (Å²) >= 11 is 0. The smallest absolute Gasteiger partial charge is 0.306 e. The summed E-state index contributed by atoms with van der Waals surface area (Å²) in [5.41, 5.74) is 1.52. The average Bonchev–Trinajstić information content (AvgIpc) is 3.81. The Morgan fingerprint density at radius 2 is 1.55 bits per heavy atom. The molecule has 58 heavy (non-hydrogen) atoms. The van der Waals surface area contributed by atoms with Crippen LogP contribution in [0.3, 0.4) is 0 Å². The fourth-order valence-electron chi connectivity index (χ4n) is 11.4. The molecule has 3 aliphatic carbocycles. The van der Waals surface area contributed by atoms with Crippen LogP contribution in [0.1, 0.15) is 92.4 Å². The van der Waals surface area contributed by atoms with Crippen molar-refractivity contribution >= 4 is 17.4 Å². The number of esters is 1. The van der Waals surface area contributed by atoms with E-state index in [2.05, 4.69) is 25.2 Å². The van der Waals surface area contributed by atoms with Gasteiger partial charge in [-0.15, -0.1) is 0 Å². The van der Waals surface area contributed by atoms with Crippen LogP contribution in [0, 0.1) is 41.4 Å². The molecule has 12 heteroatoms. The van der Waals surface area contributed by atoms with Gasteiger partial charge in [0.25, 0.3) is 0 Å². The standard InChI is InChI=1S/C46H69NO11/c1-9-29-16-13-17-36(58-38-19-18-24(2)26(4)54-38)25(3)41(49)35-22-32-31-20-30(57-46-45(53-8)44(52-7)43(51-6)27(5)55-46)21-34(31)40(47-28-14-11-10-12-15-28)42(50)39(32)33(35)23-37(48)56-29/h10-12,14-15,22,24-27,29-34,36,38-40,42-47,50H,9,13,16-21,23H2,1-8H3/t24-,25+,26?,27?,29-,30-,31-,32-,33+,34+,36-,38-,39+,40+,42+,43-,44?,45?,46-/m0/s1. The zero-order valence-corrected chi connectivity index (χ0v) is 35.8. The highest BCUT2D eigenvalue weighted by Gasteiger charge is 2.60. The summed E-state index contributed by atoms with van der Waals surface area (Å²) < 4.78 is 50.0. The molecular formula is C46H69NO11. The molecule has 12 nitrogen and oxygen atoms in total. The lowest BCUT2D eigenvalue weighted by atomic mass is 9.62. The van der Waals surface area contributed by atoms with E-state index in [0.29, 0.717) is 43.6 Å². The molecule has 0 amide bonds. The first-order valence-electron chi connectivity index (χ1n) is 22.1. The van der Waals surface area contributed by atoms with Crippen LogP contribution in [0.5, 0.6) is 0 Å². The molecule has 3 aliphatic heterocycles. The van der Waals surface area contributed by atoms with Crippen LogP contribution >= 0.6 is 0 Å². The highest BCUT2D eigenvalue weighted by molar-refractivity contribution is 5.99. The first-order chi connectivity index (χ1) is 28.0. The number of nitrogens with one attached hydrogen (secondary N) is 1. The zero-order valence-electron chi connectivity index (χ0n) is 35.8. The van der Waals surface area contributed by atoms with Crippen molar-refractivity contribution < 1.29 is 52.6 Å². The normalized spacial score (nSPS) is 44.8. The minimum atomic E-state index is -0.862. The van der Waals surface area contributed by atoms with Crippen LogP contribution in [-0.2, 0) is 47.5 Å². The maximum atomic E-state index is 15.0. The van der Waals surface area contributed by atoms with Gasteiger partial charge in [0.15, 0.2) is 18.4 Å². The van der Waals surface area contributed by atoms with E-state index in [-0.39, 0.29) is 90.8 Å². The molecule has 5 fully saturated rings. The third kappa shape index (κ3) is 8.96. The summed E-state index contributed by atoms with van der Waals surface area (Å²) in [6.45, 7) is 10.3. The van der Waals surface area contributed by atoms with E-state index in [0.717, 1.165) is 24.9 Å². The third-order valence-corrected chi connectivity index (χ3v) is 14.8. The minimum absolute atomic E-state index is 0.000364. The lowest BCUT2D eigenvalue weighted by molar-refractivity contribution is -0.314. The number of carbonyl (C=O) groups is 2. The highest BCUT2D eigenvalue weighted by atomic mass is 16.7. The van der Waals surface area contributed by atoms with Gasteiger partial charge in [0, 0.05) is 44.8 Å². The lowest BCUT2D eigenvalue weighted by Gasteiger charge is -2.47. The Labute approximate surface area is 345 Å². The Bertz CT molecular complexity index is 1560. The van der Waals surface area contributed by atoms with Crippen LogP contribution in [0.15, 0.2) is 42.0 Å². The van der Waals surface area contributed by atoms with Crippen LogP contribution in [0.25, 0.3) is 0 Å². The number of ketones is 1. The number of hydrogen-bond acceptors (Lipinski definition) is 12. The minimum Gasteiger partial charge on any atom is -0.462 e. The fraction of sp³-hybridized carbons (Fsp3) is 0.783. The first kappa shape index (κ1) is 43.7. The van der Waals surface area contributed by atoms with Crippen molar-refractivity contribution in [2.45, 2.75) is 166 Å². The summed E-state index contributed by atoms with van der Waals surface area (Å²) in [7, 11) is 4.92. The number of methoxy groups -OCH3 is 3. The summed E-state index contributed by atoms with van der Waals surface area (Å²) in [6, 6.07) is 9.58. The number of aliphatic hydroxyl groups is 1. The topological polar surface area (TPSA) is 140 Å². The van der Waals surface area contributed by atoms with Gasteiger partial charge in [0.1, 0.15) is 24.4 Å². The molecule has 6 aliphatic rings. The largest absolute Gasteiger partial charge is 0.462 e. The second kappa shape index (κ2) is 19.1. The van der Waals surface area contributed by atoms with E-state index in [1.54, 1.807) is 21.3 Å². The average molecular weight is 812 g/mol. The van der Waals surface area contributed by atoms with Crippen molar-refractivity contribution in [1.29, 1.82) is 0 Å². The van der Waals surface area contributed by atoms with Crippen LogP contribution < -0.4 is 5.32 Å². The number of cyclic esters (lactones) is 1. The van der Waals surface area contributed by atoms with Crippen LogP contribution in [0.2, 0.25) is 0 Å². The molecule has 324 valence electrons. The fourth-order valence-corrected chi connectivity index (χ4v) is 11.4. The lowest BCUT2D eigenvalue weighted by Crippen LogP contribution is -2.59. The van der Waals surface area contributed by atoms with E-state index >= 15 is 0 Å².